The Morgan fingerprint density at radius 3 is 3.00 bits per heavy atom. The van der Waals surface area contributed by atoms with Crippen molar-refractivity contribution in [3.8, 4) is 0 Å². The van der Waals surface area contributed by atoms with Crippen LogP contribution in [0.15, 0.2) is 6.20 Å². The first-order chi connectivity index (χ1) is 9.83. The van der Waals surface area contributed by atoms with Crippen molar-refractivity contribution < 1.29 is 9.53 Å². The van der Waals surface area contributed by atoms with Gasteiger partial charge in [0.25, 0.3) is 0 Å². The maximum atomic E-state index is 12.0. The summed E-state index contributed by atoms with van der Waals surface area (Å²) in [5.41, 5.74) is -0.421. The molecule has 0 aromatic carbocycles. The standard InChI is InChI=1S/C14H21ClN2O2S2/c1-14(2,3)19-13(18)17-5-4-10(7-17)8-20-9-11-6-16-12(15)21-11/h6,10H,4-5,7-9H2,1-3H3/t10-/m0/s1. The molecule has 2 heterocycles. The molecule has 0 bridgehead atoms. The molecule has 2 rings (SSSR count). The SMILES string of the molecule is CC(C)(C)OC(=O)N1CC[C@H](CSCc2cnc(Cl)s2)C1. The average Bonchev–Trinajstić information content (AvgIpc) is 2.97. The zero-order valence-electron chi connectivity index (χ0n) is 12.6. The highest BCUT2D eigenvalue weighted by molar-refractivity contribution is 7.98. The molecule has 0 N–H and O–H groups in total. The first-order valence-electron chi connectivity index (χ1n) is 6.99. The molecule has 1 aliphatic heterocycles. The van der Waals surface area contributed by atoms with Crippen molar-refractivity contribution in [1.82, 2.24) is 9.88 Å². The van der Waals surface area contributed by atoms with E-state index >= 15 is 0 Å². The van der Waals surface area contributed by atoms with Gasteiger partial charge in [0.15, 0.2) is 4.47 Å². The Morgan fingerprint density at radius 1 is 1.62 bits per heavy atom. The number of hydrogen-bond acceptors (Lipinski definition) is 5. The van der Waals surface area contributed by atoms with Gasteiger partial charge in [-0.2, -0.15) is 11.8 Å². The van der Waals surface area contributed by atoms with E-state index in [4.69, 9.17) is 16.3 Å². The van der Waals surface area contributed by atoms with E-state index in [1.807, 2.05) is 43.6 Å². The van der Waals surface area contributed by atoms with Crippen LogP contribution in [0, 0.1) is 5.92 Å². The van der Waals surface area contributed by atoms with Crippen LogP contribution in [0.25, 0.3) is 0 Å². The third-order valence-electron chi connectivity index (χ3n) is 3.06. The number of thiazole rings is 1. The molecular formula is C14H21ClN2O2S2. The summed E-state index contributed by atoms with van der Waals surface area (Å²) in [6.07, 6.45) is 2.70. The maximum Gasteiger partial charge on any atom is 0.410 e. The quantitative estimate of drug-likeness (QED) is 0.814. The fourth-order valence-corrected chi connectivity index (χ4v) is 4.40. The van der Waals surface area contributed by atoms with Crippen LogP contribution in [0.1, 0.15) is 32.1 Å². The van der Waals surface area contributed by atoms with Crippen LogP contribution < -0.4 is 0 Å². The van der Waals surface area contributed by atoms with E-state index in [9.17, 15) is 4.79 Å². The van der Waals surface area contributed by atoms with Gasteiger partial charge in [-0.3, -0.25) is 0 Å². The molecule has 21 heavy (non-hydrogen) atoms. The van der Waals surface area contributed by atoms with E-state index in [-0.39, 0.29) is 6.09 Å². The summed E-state index contributed by atoms with van der Waals surface area (Å²) in [5, 5.41) is 0. The van der Waals surface area contributed by atoms with Crippen molar-refractivity contribution in [1.29, 1.82) is 0 Å². The summed E-state index contributed by atoms with van der Waals surface area (Å²) < 4.78 is 6.01. The third kappa shape index (κ3) is 5.68. The topological polar surface area (TPSA) is 42.4 Å². The molecule has 0 spiro atoms. The highest BCUT2D eigenvalue weighted by Crippen LogP contribution is 2.27. The van der Waals surface area contributed by atoms with Crippen LogP contribution in [0.4, 0.5) is 4.79 Å². The van der Waals surface area contributed by atoms with Crippen molar-refractivity contribution in [3.05, 3.63) is 15.5 Å². The van der Waals surface area contributed by atoms with Gasteiger partial charge in [0, 0.05) is 29.9 Å². The lowest BCUT2D eigenvalue weighted by Gasteiger charge is -2.24. The number of nitrogens with zero attached hydrogens (tertiary/aromatic N) is 2. The van der Waals surface area contributed by atoms with Gasteiger partial charge in [0.2, 0.25) is 0 Å². The maximum absolute atomic E-state index is 12.0. The van der Waals surface area contributed by atoms with Crippen LogP contribution >= 0.6 is 34.7 Å². The number of amides is 1. The monoisotopic (exact) mass is 348 g/mol. The predicted octanol–water partition coefficient (Wildman–Crippen LogP) is 4.29. The molecule has 1 amide bonds. The largest absolute Gasteiger partial charge is 0.444 e. The Kier molecular flexibility index (Phi) is 5.80. The Morgan fingerprint density at radius 2 is 2.38 bits per heavy atom. The molecule has 1 atom stereocenters. The van der Waals surface area contributed by atoms with Gasteiger partial charge in [-0.1, -0.05) is 11.6 Å². The fourth-order valence-electron chi connectivity index (χ4n) is 2.14. The molecule has 1 aromatic heterocycles. The van der Waals surface area contributed by atoms with E-state index in [1.54, 1.807) is 0 Å². The number of carbonyl (C=O) groups excluding carboxylic acids is 1. The molecule has 7 heteroatoms. The number of thioether (sulfide) groups is 1. The van der Waals surface area contributed by atoms with E-state index < -0.39 is 5.60 Å². The Bertz CT molecular complexity index is 488. The minimum absolute atomic E-state index is 0.191. The van der Waals surface area contributed by atoms with E-state index in [0.29, 0.717) is 10.4 Å². The van der Waals surface area contributed by atoms with Crippen molar-refractivity contribution in [2.24, 2.45) is 5.92 Å². The number of ether oxygens (including phenoxy) is 1. The lowest BCUT2D eigenvalue weighted by atomic mass is 10.2. The van der Waals surface area contributed by atoms with Gasteiger partial charge in [-0.05, 0) is 38.9 Å². The minimum Gasteiger partial charge on any atom is -0.444 e. The van der Waals surface area contributed by atoms with E-state index in [0.717, 1.165) is 31.0 Å². The molecule has 0 unspecified atom stereocenters. The highest BCUT2D eigenvalue weighted by Gasteiger charge is 2.29. The van der Waals surface area contributed by atoms with Crippen molar-refractivity contribution >= 4 is 40.8 Å². The van der Waals surface area contributed by atoms with Crippen molar-refractivity contribution in [2.75, 3.05) is 18.8 Å². The highest BCUT2D eigenvalue weighted by atomic mass is 35.5. The fraction of sp³-hybridized carbons (Fsp3) is 0.714. The number of rotatable bonds is 4. The Balaban J connectivity index is 1.69. The van der Waals surface area contributed by atoms with Crippen molar-refractivity contribution in [2.45, 2.75) is 38.5 Å². The summed E-state index contributed by atoms with van der Waals surface area (Å²) in [7, 11) is 0. The second-order valence-corrected chi connectivity index (χ2v) is 8.90. The number of aromatic nitrogens is 1. The Hall–Kier alpha value is -0.460. The van der Waals surface area contributed by atoms with Crippen molar-refractivity contribution in [3.63, 3.8) is 0 Å². The molecule has 118 valence electrons. The van der Waals surface area contributed by atoms with Gasteiger partial charge in [-0.15, -0.1) is 11.3 Å². The number of hydrogen-bond donors (Lipinski definition) is 0. The van der Waals surface area contributed by atoms with Gasteiger partial charge in [0.05, 0.1) is 0 Å². The van der Waals surface area contributed by atoms with Crippen LogP contribution in [0.2, 0.25) is 4.47 Å². The molecule has 1 saturated heterocycles. The lowest BCUT2D eigenvalue weighted by molar-refractivity contribution is 0.0289. The molecule has 0 saturated carbocycles. The van der Waals surface area contributed by atoms with E-state index in [2.05, 4.69) is 4.98 Å². The minimum atomic E-state index is -0.421. The molecule has 4 nitrogen and oxygen atoms in total. The average molecular weight is 349 g/mol. The summed E-state index contributed by atoms with van der Waals surface area (Å²) in [5.74, 6) is 2.54. The van der Waals surface area contributed by atoms with Crippen LogP contribution in [-0.4, -0.2) is 40.4 Å². The van der Waals surface area contributed by atoms with Gasteiger partial charge in [-0.25, -0.2) is 9.78 Å². The predicted molar refractivity (Wildman–Crippen MR) is 89.2 cm³/mol. The number of carbonyl (C=O) groups is 1. The molecular weight excluding hydrogens is 328 g/mol. The summed E-state index contributed by atoms with van der Waals surface area (Å²) in [6, 6.07) is 0. The normalized spacial score (nSPS) is 19.0. The second kappa shape index (κ2) is 7.20. The zero-order valence-corrected chi connectivity index (χ0v) is 15.0. The lowest BCUT2D eigenvalue weighted by Crippen LogP contribution is -2.35. The molecule has 1 aromatic rings. The van der Waals surface area contributed by atoms with Crippen LogP contribution in [-0.2, 0) is 10.5 Å². The van der Waals surface area contributed by atoms with Gasteiger partial charge < -0.3 is 9.64 Å². The summed E-state index contributed by atoms with van der Waals surface area (Å²) in [6.45, 7) is 7.29. The first-order valence-corrected chi connectivity index (χ1v) is 9.34. The summed E-state index contributed by atoms with van der Waals surface area (Å²) >= 11 is 9.22. The van der Waals surface area contributed by atoms with Crippen LogP contribution in [0.5, 0.6) is 0 Å². The first kappa shape index (κ1) is 16.9. The van der Waals surface area contributed by atoms with E-state index in [1.165, 1.54) is 16.2 Å². The summed E-state index contributed by atoms with van der Waals surface area (Å²) in [4.78, 5) is 19.0. The third-order valence-corrected chi connectivity index (χ3v) is 5.58. The molecule has 0 radical (unpaired) electrons. The zero-order chi connectivity index (χ0) is 15.5. The molecule has 1 aliphatic rings. The molecule has 0 aliphatic carbocycles. The Labute approximate surface area is 139 Å². The van der Waals surface area contributed by atoms with Gasteiger partial charge in [0.1, 0.15) is 5.60 Å². The number of halogens is 1. The van der Waals surface area contributed by atoms with Gasteiger partial charge >= 0.3 is 6.09 Å². The number of likely N-dealkylation sites (tertiary alicyclic amines) is 1. The second-order valence-electron chi connectivity index (χ2n) is 6.18. The van der Waals surface area contributed by atoms with Crippen LogP contribution in [0.3, 0.4) is 0 Å². The smallest absolute Gasteiger partial charge is 0.410 e. The molecule has 1 fully saturated rings.